The van der Waals surface area contributed by atoms with Crippen LogP contribution >= 0.6 is 0 Å². The van der Waals surface area contributed by atoms with Crippen molar-refractivity contribution in [2.45, 2.75) is 84.2 Å². The molecular formula is C30H41N5O4. The van der Waals surface area contributed by atoms with Crippen molar-refractivity contribution in [2.75, 3.05) is 0 Å². The molecule has 1 fully saturated rings. The highest BCUT2D eigenvalue weighted by Crippen LogP contribution is 2.27. The van der Waals surface area contributed by atoms with E-state index >= 15 is 0 Å². The summed E-state index contributed by atoms with van der Waals surface area (Å²) in [6.45, 7) is 5.75. The maximum atomic E-state index is 13.7. The number of para-hydroxylation sites is 1. The van der Waals surface area contributed by atoms with Gasteiger partial charge in [0.2, 0.25) is 11.8 Å². The van der Waals surface area contributed by atoms with Crippen LogP contribution in [0.5, 0.6) is 0 Å². The fourth-order valence-electron chi connectivity index (χ4n) is 5.78. The smallest absolute Gasteiger partial charge is 0.356 e. The SMILES string of the molecule is Cc1[nH]c([C@@H](Cc2cn(C)c3ccccc23)NC(=O)[C@@H](CC(=O)NC2CCCCC2)CC(C)C)nc1C(=O)O. The molecule has 0 spiro atoms. The lowest BCUT2D eigenvalue weighted by Crippen LogP contribution is -2.41. The highest BCUT2D eigenvalue weighted by atomic mass is 16.4. The molecule has 4 N–H and O–H groups in total. The zero-order valence-electron chi connectivity index (χ0n) is 23.4. The Labute approximate surface area is 229 Å². The number of aryl methyl sites for hydroxylation is 2. The molecule has 1 saturated carbocycles. The summed E-state index contributed by atoms with van der Waals surface area (Å²) in [5.41, 5.74) is 2.45. The Bertz CT molecular complexity index is 1320. The Morgan fingerprint density at radius 3 is 2.54 bits per heavy atom. The number of aromatic amines is 1. The highest BCUT2D eigenvalue weighted by Gasteiger charge is 2.29. The normalized spacial score (nSPS) is 15.8. The number of carbonyl (C=O) groups is 3. The molecule has 3 aromatic rings. The predicted octanol–water partition coefficient (Wildman–Crippen LogP) is 4.81. The first-order chi connectivity index (χ1) is 18.6. The molecule has 210 valence electrons. The van der Waals surface area contributed by atoms with Crippen LogP contribution in [0, 0.1) is 18.8 Å². The van der Waals surface area contributed by atoms with E-state index in [0.717, 1.165) is 42.1 Å². The van der Waals surface area contributed by atoms with Crippen molar-refractivity contribution >= 4 is 28.7 Å². The monoisotopic (exact) mass is 535 g/mol. The van der Waals surface area contributed by atoms with Crippen LogP contribution in [0.3, 0.4) is 0 Å². The van der Waals surface area contributed by atoms with E-state index in [4.69, 9.17) is 0 Å². The minimum absolute atomic E-state index is 0.0623. The zero-order valence-corrected chi connectivity index (χ0v) is 23.4. The highest BCUT2D eigenvalue weighted by molar-refractivity contribution is 5.88. The molecular weight excluding hydrogens is 494 g/mol. The number of H-pyrrole nitrogens is 1. The van der Waals surface area contributed by atoms with Gasteiger partial charge >= 0.3 is 5.97 Å². The molecule has 1 aliphatic rings. The van der Waals surface area contributed by atoms with Crippen molar-refractivity contribution in [1.82, 2.24) is 25.2 Å². The largest absolute Gasteiger partial charge is 0.476 e. The number of carboxylic acid groups (broad SMARTS) is 1. The first-order valence-corrected chi connectivity index (χ1v) is 14.0. The van der Waals surface area contributed by atoms with Crippen molar-refractivity contribution in [2.24, 2.45) is 18.9 Å². The number of fused-ring (bicyclic) bond motifs is 1. The van der Waals surface area contributed by atoms with E-state index in [9.17, 15) is 19.5 Å². The van der Waals surface area contributed by atoms with Gasteiger partial charge in [-0.3, -0.25) is 9.59 Å². The van der Waals surface area contributed by atoms with E-state index < -0.39 is 17.9 Å². The molecule has 2 atom stereocenters. The van der Waals surface area contributed by atoms with Gasteiger partial charge in [0.1, 0.15) is 5.82 Å². The first kappa shape index (κ1) is 28.4. The van der Waals surface area contributed by atoms with Crippen molar-refractivity contribution < 1.29 is 19.5 Å². The van der Waals surface area contributed by atoms with Crippen molar-refractivity contribution in [3.8, 4) is 0 Å². The number of aromatic nitrogens is 3. The van der Waals surface area contributed by atoms with Gasteiger partial charge in [0.05, 0.1) is 6.04 Å². The number of carboxylic acids is 1. The summed E-state index contributed by atoms with van der Waals surface area (Å²) < 4.78 is 2.04. The number of amides is 2. The number of hydrogen-bond donors (Lipinski definition) is 4. The Balaban J connectivity index is 1.58. The van der Waals surface area contributed by atoms with Gasteiger partial charge in [-0.25, -0.2) is 9.78 Å². The second-order valence-electron chi connectivity index (χ2n) is 11.4. The average Bonchev–Trinajstić information content (AvgIpc) is 3.43. The summed E-state index contributed by atoms with van der Waals surface area (Å²) >= 11 is 0. The number of nitrogens with zero attached hydrogens (tertiary/aromatic N) is 2. The summed E-state index contributed by atoms with van der Waals surface area (Å²) in [6.07, 6.45) is 8.57. The molecule has 0 bridgehead atoms. The molecule has 1 aliphatic carbocycles. The van der Waals surface area contributed by atoms with Crippen molar-refractivity contribution in [3.05, 3.63) is 53.2 Å². The van der Waals surface area contributed by atoms with Crippen LogP contribution in [0.25, 0.3) is 10.9 Å². The fourth-order valence-corrected chi connectivity index (χ4v) is 5.78. The van der Waals surface area contributed by atoms with Gasteiger partial charge in [-0.05, 0) is 43.7 Å². The maximum absolute atomic E-state index is 13.7. The Kier molecular flexibility index (Phi) is 9.09. The second kappa shape index (κ2) is 12.5. The first-order valence-electron chi connectivity index (χ1n) is 14.0. The number of nitrogens with one attached hydrogen (secondary N) is 3. The summed E-state index contributed by atoms with van der Waals surface area (Å²) in [5.74, 6) is -1.32. The number of hydrogen-bond acceptors (Lipinski definition) is 4. The molecule has 0 unspecified atom stereocenters. The molecule has 2 amide bonds. The average molecular weight is 536 g/mol. The maximum Gasteiger partial charge on any atom is 0.356 e. The molecule has 39 heavy (non-hydrogen) atoms. The van der Waals surface area contributed by atoms with Crippen LogP contribution in [0.1, 0.15) is 92.4 Å². The zero-order chi connectivity index (χ0) is 28.1. The van der Waals surface area contributed by atoms with E-state index in [-0.39, 0.29) is 35.9 Å². The topological polar surface area (TPSA) is 129 Å². The summed E-state index contributed by atoms with van der Waals surface area (Å²) in [4.78, 5) is 45.8. The van der Waals surface area contributed by atoms with Gasteiger partial charge in [-0.1, -0.05) is 51.3 Å². The summed E-state index contributed by atoms with van der Waals surface area (Å²) in [5, 5.41) is 16.9. The van der Waals surface area contributed by atoms with Crippen LogP contribution < -0.4 is 10.6 Å². The van der Waals surface area contributed by atoms with Gasteiger partial charge in [0, 0.05) is 54.6 Å². The minimum atomic E-state index is -1.12. The third kappa shape index (κ3) is 7.07. The number of benzene rings is 1. The molecule has 2 heterocycles. The van der Waals surface area contributed by atoms with Crippen molar-refractivity contribution in [3.63, 3.8) is 0 Å². The summed E-state index contributed by atoms with van der Waals surface area (Å²) in [6, 6.07) is 7.63. The predicted molar refractivity (Wildman–Crippen MR) is 150 cm³/mol. The third-order valence-corrected chi connectivity index (χ3v) is 7.68. The van der Waals surface area contributed by atoms with Gasteiger partial charge in [-0.15, -0.1) is 0 Å². The number of rotatable bonds is 11. The van der Waals surface area contributed by atoms with E-state index in [2.05, 4.69) is 20.6 Å². The number of aromatic carboxylic acids is 1. The molecule has 1 aromatic carbocycles. The summed E-state index contributed by atoms with van der Waals surface area (Å²) in [7, 11) is 1.97. The standard InChI is InChI=1S/C30H41N5O4/c1-18(2)14-20(16-26(36)32-22-10-6-5-7-11-22)29(37)33-24(28-31-19(3)27(34-28)30(38)39)15-21-17-35(4)25-13-9-8-12-23(21)25/h8-9,12-13,17-18,20,22,24H,5-7,10-11,14-16H2,1-4H3,(H,31,34)(H,32,36)(H,33,37)(H,38,39)/t20-,24-/m1/s1. The van der Waals surface area contributed by atoms with Crippen LogP contribution in [-0.4, -0.2) is 43.5 Å². The van der Waals surface area contributed by atoms with E-state index in [0.29, 0.717) is 24.4 Å². The molecule has 0 radical (unpaired) electrons. The fraction of sp³-hybridized carbons (Fsp3) is 0.533. The Morgan fingerprint density at radius 1 is 1.15 bits per heavy atom. The molecule has 0 aliphatic heterocycles. The number of carbonyl (C=O) groups excluding carboxylic acids is 2. The minimum Gasteiger partial charge on any atom is -0.476 e. The van der Waals surface area contributed by atoms with Gasteiger partial charge in [0.15, 0.2) is 5.69 Å². The van der Waals surface area contributed by atoms with Crippen LogP contribution in [0.4, 0.5) is 0 Å². The number of imidazole rings is 1. The molecule has 9 heteroatoms. The molecule has 9 nitrogen and oxygen atoms in total. The quantitative estimate of drug-likeness (QED) is 0.280. The molecule has 4 rings (SSSR count). The second-order valence-corrected chi connectivity index (χ2v) is 11.4. The third-order valence-electron chi connectivity index (χ3n) is 7.68. The lowest BCUT2D eigenvalue weighted by Gasteiger charge is -2.25. The Morgan fingerprint density at radius 2 is 1.87 bits per heavy atom. The van der Waals surface area contributed by atoms with Crippen LogP contribution in [0.2, 0.25) is 0 Å². The van der Waals surface area contributed by atoms with Crippen LogP contribution in [-0.2, 0) is 23.1 Å². The van der Waals surface area contributed by atoms with Gasteiger partial charge < -0.3 is 25.3 Å². The van der Waals surface area contributed by atoms with Crippen LogP contribution in [0.15, 0.2) is 30.5 Å². The van der Waals surface area contributed by atoms with Gasteiger partial charge in [-0.2, -0.15) is 0 Å². The molecule has 0 saturated heterocycles. The van der Waals surface area contributed by atoms with Crippen molar-refractivity contribution in [1.29, 1.82) is 0 Å². The Hall–Kier alpha value is -3.62. The van der Waals surface area contributed by atoms with Gasteiger partial charge in [0.25, 0.3) is 0 Å². The molecule has 2 aromatic heterocycles. The lowest BCUT2D eigenvalue weighted by atomic mass is 9.91. The van der Waals surface area contributed by atoms with E-state index in [1.807, 2.05) is 55.9 Å². The van der Waals surface area contributed by atoms with E-state index in [1.165, 1.54) is 6.42 Å². The van der Waals surface area contributed by atoms with E-state index in [1.54, 1.807) is 6.92 Å². The lowest BCUT2D eigenvalue weighted by molar-refractivity contribution is -0.131.